The van der Waals surface area contributed by atoms with E-state index in [4.69, 9.17) is 14.8 Å². The molecule has 1 amide bonds. The Morgan fingerprint density at radius 2 is 1.96 bits per heavy atom. The quantitative estimate of drug-likeness (QED) is 0.612. The molecule has 2 rings (SSSR count). The van der Waals surface area contributed by atoms with Gasteiger partial charge in [0.1, 0.15) is 0 Å². The van der Waals surface area contributed by atoms with Crippen LogP contribution in [0.15, 0.2) is 24.3 Å². The normalized spacial score (nSPS) is 19.9. The molecule has 6 nitrogen and oxygen atoms in total. The Hall–Kier alpha value is -1.36. The molecule has 0 spiro atoms. The van der Waals surface area contributed by atoms with Crippen molar-refractivity contribution in [3.8, 4) is 0 Å². The Kier molecular flexibility index (Phi) is 7.48. The summed E-state index contributed by atoms with van der Waals surface area (Å²) in [4.78, 5) is 11.3. The summed E-state index contributed by atoms with van der Waals surface area (Å²) in [5.41, 5.74) is 7.66. The van der Waals surface area contributed by atoms with Crippen molar-refractivity contribution >= 4 is 19.2 Å². The van der Waals surface area contributed by atoms with Gasteiger partial charge in [0.2, 0.25) is 5.91 Å². The zero-order valence-electron chi connectivity index (χ0n) is 15.1. The fourth-order valence-corrected chi connectivity index (χ4v) is 5.16. The molecule has 140 valence electrons. The molecule has 1 aliphatic heterocycles. The molecule has 25 heavy (non-hydrogen) atoms. The van der Waals surface area contributed by atoms with E-state index in [1.54, 1.807) is 0 Å². The van der Waals surface area contributed by atoms with Gasteiger partial charge < -0.3 is 20.1 Å². The zero-order valence-corrected chi connectivity index (χ0v) is 16.0. The van der Waals surface area contributed by atoms with E-state index in [-0.39, 0.29) is 11.9 Å². The molecule has 1 aliphatic rings. The highest BCUT2D eigenvalue weighted by Gasteiger charge is 2.29. The van der Waals surface area contributed by atoms with Crippen LogP contribution >= 0.6 is 7.60 Å². The third kappa shape index (κ3) is 5.84. The van der Waals surface area contributed by atoms with E-state index >= 15 is 0 Å². The Bertz CT molecular complexity index is 613. The zero-order chi connectivity index (χ0) is 18.3. The molecular weight excluding hydrogens is 339 g/mol. The van der Waals surface area contributed by atoms with Crippen molar-refractivity contribution in [2.75, 3.05) is 24.7 Å². The molecule has 0 aromatic heterocycles. The standard InChI is InChI=1S/C18H29N2O4P/c1-3-23-25(22,24-4-2)11-7-8-14-12-15(13-18(19)21)20-17-10-6-5-9-16(14)17/h5-6,9-10,14-15,20H,3-4,7-8,11-13H2,1-2H3,(H2,19,21)/t14-,15-/m1/s1. The lowest BCUT2D eigenvalue weighted by Gasteiger charge is -2.33. The third-order valence-electron chi connectivity index (χ3n) is 4.41. The summed E-state index contributed by atoms with van der Waals surface area (Å²) in [5.74, 6) is 0.00586. The number of hydrogen-bond donors (Lipinski definition) is 2. The molecule has 0 saturated carbocycles. The van der Waals surface area contributed by atoms with Crippen LogP contribution in [0.4, 0.5) is 5.69 Å². The number of primary amides is 1. The summed E-state index contributed by atoms with van der Waals surface area (Å²) in [6.45, 7) is 4.41. The molecule has 0 radical (unpaired) electrons. The van der Waals surface area contributed by atoms with Gasteiger partial charge in [-0.2, -0.15) is 0 Å². The third-order valence-corrected chi connectivity index (χ3v) is 6.58. The number of fused-ring (bicyclic) bond motifs is 1. The lowest BCUT2D eigenvalue weighted by atomic mass is 9.83. The second kappa shape index (κ2) is 9.37. The van der Waals surface area contributed by atoms with E-state index in [1.165, 1.54) is 5.56 Å². The minimum atomic E-state index is -3.00. The van der Waals surface area contributed by atoms with Gasteiger partial charge in [0.05, 0.1) is 19.4 Å². The maximum atomic E-state index is 12.6. The Labute approximate surface area is 150 Å². The first-order chi connectivity index (χ1) is 12.0. The number of para-hydroxylation sites is 1. The predicted molar refractivity (Wildman–Crippen MR) is 100.0 cm³/mol. The monoisotopic (exact) mass is 368 g/mol. The van der Waals surface area contributed by atoms with Crippen LogP contribution in [0, 0.1) is 0 Å². The van der Waals surface area contributed by atoms with Gasteiger partial charge in [0, 0.05) is 18.2 Å². The summed E-state index contributed by atoms with van der Waals surface area (Å²) in [5, 5.41) is 3.40. The van der Waals surface area contributed by atoms with Crippen molar-refractivity contribution in [2.24, 2.45) is 5.73 Å². The van der Waals surface area contributed by atoms with Crippen LogP contribution < -0.4 is 11.1 Å². The summed E-state index contributed by atoms with van der Waals surface area (Å²) in [6.07, 6.45) is 3.20. The fourth-order valence-electron chi connectivity index (χ4n) is 3.48. The molecule has 1 aromatic carbocycles. The number of amides is 1. The first kappa shape index (κ1) is 20.0. The van der Waals surface area contributed by atoms with Crippen LogP contribution in [0.5, 0.6) is 0 Å². The second-order valence-corrected chi connectivity index (χ2v) is 8.53. The van der Waals surface area contributed by atoms with E-state index in [1.807, 2.05) is 32.0 Å². The molecule has 0 aliphatic carbocycles. The minimum absolute atomic E-state index is 0.0444. The first-order valence-corrected chi connectivity index (χ1v) is 10.7. The van der Waals surface area contributed by atoms with E-state index < -0.39 is 7.60 Å². The highest BCUT2D eigenvalue weighted by molar-refractivity contribution is 7.53. The molecular formula is C18H29N2O4P. The number of nitrogens with one attached hydrogen (secondary N) is 1. The SMILES string of the molecule is CCOP(=O)(CCC[C@@H]1C[C@H](CC(N)=O)Nc2ccccc21)OCC. The van der Waals surface area contributed by atoms with Gasteiger partial charge in [-0.05, 0) is 50.7 Å². The van der Waals surface area contributed by atoms with Crippen LogP contribution in [-0.4, -0.2) is 31.3 Å². The van der Waals surface area contributed by atoms with Crippen molar-refractivity contribution in [1.82, 2.24) is 0 Å². The van der Waals surface area contributed by atoms with Gasteiger partial charge in [-0.15, -0.1) is 0 Å². The van der Waals surface area contributed by atoms with Crippen LogP contribution in [0.25, 0.3) is 0 Å². The van der Waals surface area contributed by atoms with Crippen LogP contribution in [0.2, 0.25) is 0 Å². The number of carbonyl (C=O) groups excluding carboxylic acids is 1. The summed E-state index contributed by atoms with van der Waals surface area (Å²) in [6, 6.07) is 8.18. The van der Waals surface area contributed by atoms with Crippen molar-refractivity contribution in [3.63, 3.8) is 0 Å². The lowest BCUT2D eigenvalue weighted by molar-refractivity contribution is -0.118. The molecule has 2 atom stereocenters. The molecule has 1 heterocycles. The van der Waals surface area contributed by atoms with Gasteiger partial charge in [0.25, 0.3) is 0 Å². The first-order valence-electron chi connectivity index (χ1n) is 8.99. The Balaban J connectivity index is 2.02. The number of benzene rings is 1. The second-order valence-electron chi connectivity index (χ2n) is 6.34. The molecule has 1 aromatic rings. The van der Waals surface area contributed by atoms with Crippen LogP contribution in [-0.2, 0) is 18.4 Å². The van der Waals surface area contributed by atoms with Crippen molar-refractivity contribution in [3.05, 3.63) is 29.8 Å². The highest BCUT2D eigenvalue weighted by Crippen LogP contribution is 2.49. The molecule has 3 N–H and O–H groups in total. The van der Waals surface area contributed by atoms with E-state index in [2.05, 4.69) is 11.4 Å². The van der Waals surface area contributed by atoms with Gasteiger partial charge in [-0.1, -0.05) is 18.2 Å². The minimum Gasteiger partial charge on any atom is -0.382 e. The van der Waals surface area contributed by atoms with Gasteiger partial charge in [0.15, 0.2) is 0 Å². The number of nitrogens with two attached hydrogens (primary N) is 1. The summed E-state index contributed by atoms with van der Waals surface area (Å²) in [7, 11) is -3.00. The van der Waals surface area contributed by atoms with Gasteiger partial charge >= 0.3 is 7.60 Å². The highest BCUT2D eigenvalue weighted by atomic mass is 31.2. The maximum absolute atomic E-state index is 12.6. The average molecular weight is 368 g/mol. The number of hydrogen-bond acceptors (Lipinski definition) is 5. The largest absolute Gasteiger partial charge is 0.382 e. The Morgan fingerprint density at radius 3 is 2.60 bits per heavy atom. The molecule has 0 unspecified atom stereocenters. The topological polar surface area (TPSA) is 90.7 Å². The fraction of sp³-hybridized carbons (Fsp3) is 0.611. The van der Waals surface area contributed by atoms with Gasteiger partial charge in [-0.25, -0.2) is 0 Å². The number of carbonyl (C=O) groups is 1. The molecule has 0 fully saturated rings. The van der Waals surface area contributed by atoms with Crippen molar-refractivity contribution in [2.45, 2.75) is 51.5 Å². The molecule has 0 bridgehead atoms. The predicted octanol–water partition coefficient (Wildman–Crippen LogP) is 3.88. The van der Waals surface area contributed by atoms with E-state index in [9.17, 15) is 9.36 Å². The average Bonchev–Trinajstić information content (AvgIpc) is 2.54. The van der Waals surface area contributed by atoms with Crippen molar-refractivity contribution < 1.29 is 18.4 Å². The molecule has 7 heteroatoms. The number of rotatable bonds is 10. The summed E-state index contributed by atoms with van der Waals surface area (Å²) < 4.78 is 23.3. The van der Waals surface area contributed by atoms with Crippen molar-refractivity contribution in [1.29, 1.82) is 0 Å². The maximum Gasteiger partial charge on any atom is 0.330 e. The number of anilines is 1. The van der Waals surface area contributed by atoms with E-state index in [0.29, 0.717) is 31.7 Å². The van der Waals surface area contributed by atoms with E-state index in [0.717, 1.165) is 24.9 Å². The Morgan fingerprint density at radius 1 is 1.28 bits per heavy atom. The van der Waals surface area contributed by atoms with Crippen LogP contribution in [0.1, 0.15) is 51.0 Å². The lowest BCUT2D eigenvalue weighted by Crippen LogP contribution is -2.32. The molecule has 0 saturated heterocycles. The smallest absolute Gasteiger partial charge is 0.330 e. The van der Waals surface area contributed by atoms with Gasteiger partial charge in [-0.3, -0.25) is 9.36 Å². The summed E-state index contributed by atoms with van der Waals surface area (Å²) >= 11 is 0. The van der Waals surface area contributed by atoms with Crippen LogP contribution in [0.3, 0.4) is 0 Å².